The predicted octanol–water partition coefficient (Wildman–Crippen LogP) is 0.567. The summed E-state index contributed by atoms with van der Waals surface area (Å²) >= 11 is 1.42. The lowest BCUT2D eigenvalue weighted by molar-refractivity contribution is -0.140. The van der Waals surface area contributed by atoms with Crippen molar-refractivity contribution >= 4 is 23.8 Å². The molecule has 1 heterocycles. The van der Waals surface area contributed by atoms with Crippen LogP contribution in [0.25, 0.3) is 0 Å². The van der Waals surface area contributed by atoms with E-state index in [-0.39, 0.29) is 6.04 Å². The molecule has 5 nitrogen and oxygen atoms in total. The number of nitrogens with one attached hydrogen (secondary N) is 1. The number of hydrogen-bond donors (Lipinski definition) is 2. The molecule has 0 aromatic rings. The first-order chi connectivity index (χ1) is 7.60. The molecule has 2 amide bonds. The van der Waals surface area contributed by atoms with Crippen molar-refractivity contribution in [3.63, 3.8) is 0 Å². The van der Waals surface area contributed by atoms with Gasteiger partial charge in [-0.3, -0.25) is 0 Å². The van der Waals surface area contributed by atoms with Gasteiger partial charge in [0.05, 0.1) is 11.9 Å². The summed E-state index contributed by atoms with van der Waals surface area (Å²) < 4.78 is 0. The Balaban J connectivity index is 2.60. The van der Waals surface area contributed by atoms with Gasteiger partial charge in [0, 0.05) is 5.75 Å². The van der Waals surface area contributed by atoms with Crippen molar-refractivity contribution < 1.29 is 14.7 Å². The minimum atomic E-state index is -0.978. The van der Waals surface area contributed by atoms with Crippen LogP contribution in [0.2, 0.25) is 0 Å². The molecular weight excluding hydrogens is 228 g/mol. The quantitative estimate of drug-likeness (QED) is 0.710. The average Bonchev–Trinajstić information content (AvgIpc) is 2.74. The Morgan fingerprint density at radius 3 is 2.94 bits per heavy atom. The van der Waals surface area contributed by atoms with Crippen LogP contribution in [-0.4, -0.2) is 45.7 Å². The Hall–Kier alpha value is -1.35. The molecule has 2 atom stereocenters. The number of hydrogen-bond acceptors (Lipinski definition) is 3. The van der Waals surface area contributed by atoms with Gasteiger partial charge in [0.2, 0.25) is 0 Å². The molecule has 1 fully saturated rings. The third kappa shape index (κ3) is 2.83. The Morgan fingerprint density at radius 1 is 1.75 bits per heavy atom. The molecule has 1 saturated heterocycles. The van der Waals surface area contributed by atoms with E-state index in [1.165, 1.54) is 16.7 Å². The predicted molar refractivity (Wildman–Crippen MR) is 62.0 cm³/mol. The summed E-state index contributed by atoms with van der Waals surface area (Å²) in [5, 5.41) is 11.5. The number of aliphatic carboxylic acids is 1. The highest BCUT2D eigenvalue weighted by molar-refractivity contribution is 7.99. The molecule has 88 valence electrons. The molecule has 1 rings (SSSR count). The van der Waals surface area contributed by atoms with E-state index in [0.29, 0.717) is 18.1 Å². The van der Waals surface area contributed by atoms with Crippen LogP contribution >= 0.6 is 11.8 Å². The van der Waals surface area contributed by atoms with Gasteiger partial charge in [-0.25, -0.2) is 9.59 Å². The molecule has 1 aliphatic heterocycles. The molecule has 2 unspecified atom stereocenters. The summed E-state index contributed by atoms with van der Waals surface area (Å²) in [5.41, 5.74) is 0. The average molecular weight is 242 g/mol. The first-order valence-corrected chi connectivity index (χ1v) is 6.09. The fraction of sp³-hybridized carbons (Fsp3) is 0.600. The number of carbonyl (C=O) groups is 2. The van der Waals surface area contributed by atoms with Gasteiger partial charge in [-0.05, 0) is 6.42 Å². The van der Waals surface area contributed by atoms with Crippen LogP contribution in [0.1, 0.15) is 13.3 Å². The highest BCUT2D eigenvalue weighted by Crippen LogP contribution is 2.20. The van der Waals surface area contributed by atoms with Gasteiger partial charge in [-0.1, -0.05) is 12.8 Å². The summed E-state index contributed by atoms with van der Waals surface area (Å²) in [6, 6.07) is -1.49. The largest absolute Gasteiger partial charge is 0.480 e. The summed E-state index contributed by atoms with van der Waals surface area (Å²) in [6.45, 7) is 1.86. The van der Waals surface area contributed by atoms with Gasteiger partial charge in [-0.2, -0.15) is 0 Å². The lowest BCUT2D eigenvalue weighted by atomic mass is 10.2. The monoisotopic (exact) mass is 242 g/mol. The third-order valence-corrected chi connectivity index (χ3v) is 3.35. The first kappa shape index (κ1) is 12.7. The van der Waals surface area contributed by atoms with E-state index >= 15 is 0 Å². The number of carboxylic acids is 1. The lowest BCUT2D eigenvalue weighted by Crippen LogP contribution is -2.49. The molecule has 0 aromatic heterocycles. The molecule has 2 N–H and O–H groups in total. The first-order valence-electron chi connectivity index (χ1n) is 4.94. The van der Waals surface area contributed by atoms with Crippen LogP contribution in [0.3, 0.4) is 0 Å². The van der Waals surface area contributed by atoms with Crippen LogP contribution in [-0.2, 0) is 4.79 Å². The molecule has 6 heteroatoms. The number of thioether (sulfide) groups is 1. The molecule has 16 heavy (non-hydrogen) atoms. The van der Waals surface area contributed by atoms with Crippen molar-refractivity contribution in [3.05, 3.63) is 0 Å². The molecule has 0 saturated carbocycles. The molecule has 0 radical (unpaired) electrons. The standard InChI is InChI=1S/C10H14N2O3S/c1-3-7(4-2)11-10(15)12-6-16-5-8(12)9(13)14/h1,7-8H,4-6H2,2H3,(H,11,15)(H,13,14). The van der Waals surface area contributed by atoms with Crippen LogP contribution in [0.15, 0.2) is 0 Å². The van der Waals surface area contributed by atoms with E-state index < -0.39 is 18.0 Å². The third-order valence-electron chi connectivity index (χ3n) is 2.34. The second-order valence-electron chi connectivity index (χ2n) is 3.40. The summed E-state index contributed by atoms with van der Waals surface area (Å²) in [5.74, 6) is 2.28. The van der Waals surface area contributed by atoms with Crippen molar-refractivity contribution in [1.29, 1.82) is 0 Å². The van der Waals surface area contributed by atoms with Crippen LogP contribution < -0.4 is 5.32 Å². The van der Waals surface area contributed by atoms with E-state index in [9.17, 15) is 9.59 Å². The number of urea groups is 1. The topological polar surface area (TPSA) is 69.6 Å². The zero-order chi connectivity index (χ0) is 12.1. The number of terminal acetylenes is 1. The molecule has 0 bridgehead atoms. The Kier molecular flexibility index (Phi) is 4.50. The number of rotatable bonds is 3. The maximum absolute atomic E-state index is 11.7. The number of nitrogens with zero attached hydrogens (tertiary/aromatic N) is 1. The Bertz CT molecular complexity index is 327. The van der Waals surface area contributed by atoms with Gasteiger partial charge >= 0.3 is 12.0 Å². The van der Waals surface area contributed by atoms with Crippen molar-refractivity contribution in [2.75, 3.05) is 11.6 Å². The maximum atomic E-state index is 11.7. The fourth-order valence-electron chi connectivity index (χ4n) is 1.34. The van der Waals surface area contributed by atoms with Crippen molar-refractivity contribution in [3.8, 4) is 12.3 Å². The fourth-order valence-corrected chi connectivity index (χ4v) is 2.49. The zero-order valence-electron chi connectivity index (χ0n) is 8.97. The second kappa shape index (κ2) is 5.66. The summed E-state index contributed by atoms with van der Waals surface area (Å²) in [7, 11) is 0. The molecule has 0 aliphatic carbocycles. The van der Waals surface area contributed by atoms with Crippen LogP contribution in [0.5, 0.6) is 0 Å². The second-order valence-corrected chi connectivity index (χ2v) is 4.40. The Morgan fingerprint density at radius 2 is 2.44 bits per heavy atom. The van der Waals surface area contributed by atoms with Crippen molar-refractivity contribution in [1.82, 2.24) is 10.2 Å². The molecule has 0 spiro atoms. The van der Waals surface area contributed by atoms with Crippen LogP contribution in [0, 0.1) is 12.3 Å². The van der Waals surface area contributed by atoms with Crippen molar-refractivity contribution in [2.24, 2.45) is 0 Å². The minimum Gasteiger partial charge on any atom is -0.480 e. The smallest absolute Gasteiger partial charge is 0.327 e. The van der Waals surface area contributed by atoms with Gasteiger partial charge in [-0.15, -0.1) is 18.2 Å². The van der Waals surface area contributed by atoms with Gasteiger partial charge in [0.25, 0.3) is 0 Å². The minimum absolute atomic E-state index is 0.340. The van der Waals surface area contributed by atoms with Gasteiger partial charge in [0.15, 0.2) is 0 Å². The van der Waals surface area contributed by atoms with E-state index in [4.69, 9.17) is 11.5 Å². The highest BCUT2D eigenvalue weighted by Gasteiger charge is 2.34. The van der Waals surface area contributed by atoms with E-state index in [0.717, 1.165) is 0 Å². The summed E-state index contributed by atoms with van der Waals surface area (Å²) in [6.07, 6.45) is 5.85. The molecule has 1 aliphatic rings. The highest BCUT2D eigenvalue weighted by atomic mass is 32.2. The van der Waals surface area contributed by atoms with Crippen LogP contribution in [0.4, 0.5) is 4.79 Å². The lowest BCUT2D eigenvalue weighted by Gasteiger charge is -2.22. The van der Waals surface area contributed by atoms with Gasteiger partial charge < -0.3 is 15.3 Å². The number of carbonyl (C=O) groups excluding carboxylic acids is 1. The normalized spacial score (nSPS) is 21.2. The molecular formula is C10H14N2O3S. The van der Waals surface area contributed by atoms with E-state index in [2.05, 4.69) is 11.2 Å². The summed E-state index contributed by atoms with van der Waals surface area (Å²) in [4.78, 5) is 23.9. The Labute approximate surface area is 98.6 Å². The van der Waals surface area contributed by atoms with Crippen molar-refractivity contribution in [2.45, 2.75) is 25.4 Å². The van der Waals surface area contributed by atoms with Gasteiger partial charge in [0.1, 0.15) is 6.04 Å². The maximum Gasteiger partial charge on any atom is 0.327 e. The van der Waals surface area contributed by atoms with E-state index in [1.54, 1.807) is 0 Å². The molecule has 0 aromatic carbocycles. The zero-order valence-corrected chi connectivity index (χ0v) is 9.79. The SMILES string of the molecule is C#CC(CC)NC(=O)N1CSCC1C(=O)O. The van der Waals surface area contributed by atoms with E-state index in [1.807, 2.05) is 6.92 Å². The number of carboxylic acid groups (broad SMARTS) is 1. The number of amides is 2.